The molecule has 1 unspecified atom stereocenters. The van der Waals surface area contributed by atoms with Gasteiger partial charge in [-0.25, -0.2) is 0 Å². The second-order valence-corrected chi connectivity index (χ2v) is 5.93. The Morgan fingerprint density at radius 1 is 1.35 bits per heavy atom. The van der Waals surface area contributed by atoms with Gasteiger partial charge in [0.2, 0.25) is 5.89 Å². The molecule has 1 aliphatic carbocycles. The van der Waals surface area contributed by atoms with Crippen molar-refractivity contribution < 1.29 is 9.26 Å². The van der Waals surface area contributed by atoms with E-state index in [4.69, 9.17) is 15.0 Å². The third-order valence-corrected chi connectivity index (χ3v) is 4.40. The summed E-state index contributed by atoms with van der Waals surface area (Å²) in [5.74, 6) is 1.54. The Morgan fingerprint density at radius 2 is 1.94 bits per heavy atom. The van der Waals surface area contributed by atoms with Crippen LogP contribution in [0, 0.1) is 10.8 Å². The summed E-state index contributed by atoms with van der Waals surface area (Å²) in [7, 11) is 1.61. The Bertz CT molecular complexity index is 398. The molecule has 0 bridgehead atoms. The highest BCUT2D eigenvalue weighted by Crippen LogP contribution is 2.73. The molecule has 0 amide bonds. The maximum atomic E-state index is 5.86. The Balaban J connectivity index is 2.16. The number of hydrogen-bond donors (Lipinski definition) is 1. The summed E-state index contributed by atoms with van der Waals surface area (Å²) in [6.07, 6.45) is 0. The van der Waals surface area contributed by atoms with Gasteiger partial charge in [0, 0.05) is 13.0 Å². The molecule has 0 spiro atoms. The molecular weight excluding hydrogens is 218 g/mol. The van der Waals surface area contributed by atoms with Crippen LogP contribution in [0.2, 0.25) is 0 Å². The minimum absolute atomic E-state index is 0.197. The number of hydrogen-bond acceptors (Lipinski definition) is 5. The van der Waals surface area contributed by atoms with Crippen LogP contribution in [0.1, 0.15) is 51.4 Å². The molecule has 17 heavy (non-hydrogen) atoms. The number of rotatable bonds is 4. The van der Waals surface area contributed by atoms with Crippen molar-refractivity contribution in [3.8, 4) is 0 Å². The Hall–Kier alpha value is -0.940. The van der Waals surface area contributed by atoms with Crippen molar-refractivity contribution in [2.75, 3.05) is 13.7 Å². The highest BCUT2D eigenvalue weighted by molar-refractivity contribution is 5.25. The van der Waals surface area contributed by atoms with Gasteiger partial charge >= 0.3 is 0 Å². The lowest BCUT2D eigenvalue weighted by molar-refractivity contribution is 0.177. The van der Waals surface area contributed by atoms with E-state index in [0.29, 0.717) is 24.2 Å². The predicted molar refractivity (Wildman–Crippen MR) is 63.4 cm³/mol. The van der Waals surface area contributed by atoms with E-state index in [-0.39, 0.29) is 16.9 Å². The first kappa shape index (κ1) is 12.5. The van der Waals surface area contributed by atoms with Crippen molar-refractivity contribution in [1.29, 1.82) is 0 Å². The van der Waals surface area contributed by atoms with E-state index < -0.39 is 0 Å². The lowest BCUT2D eigenvalue weighted by atomic mass is 10.0. The Kier molecular flexibility index (Phi) is 2.78. The largest absolute Gasteiger partial charge is 0.383 e. The zero-order valence-corrected chi connectivity index (χ0v) is 11.2. The third-order valence-electron chi connectivity index (χ3n) is 4.40. The van der Waals surface area contributed by atoms with Gasteiger partial charge in [-0.15, -0.1) is 0 Å². The van der Waals surface area contributed by atoms with E-state index in [1.807, 2.05) is 0 Å². The molecular formula is C12H21N3O2. The molecule has 1 heterocycles. The molecule has 1 fully saturated rings. The lowest BCUT2D eigenvalue weighted by Gasteiger charge is -2.03. The van der Waals surface area contributed by atoms with Crippen molar-refractivity contribution in [1.82, 2.24) is 10.1 Å². The lowest BCUT2D eigenvalue weighted by Crippen LogP contribution is -2.17. The summed E-state index contributed by atoms with van der Waals surface area (Å²) >= 11 is 0. The molecule has 1 aromatic heterocycles. The highest BCUT2D eigenvalue weighted by Gasteiger charge is 2.67. The first-order valence-corrected chi connectivity index (χ1v) is 5.90. The first-order valence-electron chi connectivity index (χ1n) is 5.90. The van der Waals surface area contributed by atoms with Gasteiger partial charge in [-0.3, -0.25) is 0 Å². The topological polar surface area (TPSA) is 74.2 Å². The molecule has 1 atom stereocenters. The van der Waals surface area contributed by atoms with E-state index in [1.54, 1.807) is 7.11 Å². The van der Waals surface area contributed by atoms with Crippen molar-refractivity contribution in [3.05, 3.63) is 11.7 Å². The highest BCUT2D eigenvalue weighted by atomic mass is 16.5. The van der Waals surface area contributed by atoms with Crippen LogP contribution in [-0.2, 0) is 4.74 Å². The van der Waals surface area contributed by atoms with Gasteiger partial charge < -0.3 is 15.0 Å². The Labute approximate surface area is 102 Å². The molecule has 1 saturated carbocycles. The average Bonchev–Trinajstić information content (AvgIpc) is 2.59. The molecule has 2 rings (SSSR count). The number of aromatic nitrogens is 2. The molecule has 96 valence electrons. The van der Waals surface area contributed by atoms with Gasteiger partial charge in [0.25, 0.3) is 0 Å². The number of nitrogens with two attached hydrogens (primary N) is 1. The summed E-state index contributed by atoms with van der Waals surface area (Å²) in [4.78, 5) is 4.40. The molecule has 1 aromatic rings. The summed E-state index contributed by atoms with van der Waals surface area (Å²) in [6, 6.07) is -0.317. The van der Waals surface area contributed by atoms with Gasteiger partial charge in [-0.2, -0.15) is 4.98 Å². The molecule has 0 aliphatic heterocycles. The van der Waals surface area contributed by atoms with Crippen LogP contribution in [0.3, 0.4) is 0 Å². The summed E-state index contributed by atoms with van der Waals surface area (Å²) in [6.45, 7) is 9.27. The zero-order valence-electron chi connectivity index (χ0n) is 11.2. The van der Waals surface area contributed by atoms with Crippen LogP contribution in [0.4, 0.5) is 0 Å². The third kappa shape index (κ3) is 1.77. The van der Waals surface area contributed by atoms with E-state index in [1.165, 1.54) is 0 Å². The van der Waals surface area contributed by atoms with E-state index in [9.17, 15) is 0 Å². The number of methoxy groups -OCH3 is 1. The molecule has 0 radical (unpaired) electrons. The van der Waals surface area contributed by atoms with Crippen LogP contribution >= 0.6 is 0 Å². The van der Waals surface area contributed by atoms with E-state index in [2.05, 4.69) is 37.8 Å². The molecule has 5 nitrogen and oxygen atoms in total. The second-order valence-electron chi connectivity index (χ2n) is 5.93. The van der Waals surface area contributed by atoms with Gasteiger partial charge in [0.05, 0.1) is 12.6 Å². The van der Waals surface area contributed by atoms with Crippen LogP contribution < -0.4 is 5.73 Å². The second kappa shape index (κ2) is 3.78. The van der Waals surface area contributed by atoms with Gasteiger partial charge in [0.15, 0.2) is 5.82 Å². The fourth-order valence-corrected chi connectivity index (χ4v) is 2.58. The van der Waals surface area contributed by atoms with Crippen LogP contribution in [0.25, 0.3) is 0 Å². The molecule has 2 N–H and O–H groups in total. The fraction of sp³-hybridized carbons (Fsp3) is 0.833. The van der Waals surface area contributed by atoms with E-state index in [0.717, 1.165) is 0 Å². The van der Waals surface area contributed by atoms with E-state index >= 15 is 0 Å². The standard InChI is InChI=1S/C12H21N3O2/c1-11(2)8(12(11,3)4)10-14-9(15-17-10)7(13)6-16-5/h7-8H,6,13H2,1-5H3. The van der Waals surface area contributed by atoms with Gasteiger partial charge in [-0.05, 0) is 10.8 Å². The summed E-state index contributed by atoms with van der Waals surface area (Å²) in [5.41, 5.74) is 6.26. The minimum atomic E-state index is -0.317. The first-order chi connectivity index (χ1) is 7.82. The molecule has 1 aliphatic rings. The van der Waals surface area contributed by atoms with Gasteiger partial charge in [-0.1, -0.05) is 32.9 Å². The number of ether oxygens (including phenoxy) is 1. The van der Waals surface area contributed by atoms with Crippen LogP contribution in [0.15, 0.2) is 4.52 Å². The summed E-state index contributed by atoms with van der Waals surface area (Å²) in [5, 5.41) is 3.94. The van der Waals surface area contributed by atoms with Gasteiger partial charge in [0.1, 0.15) is 0 Å². The predicted octanol–water partition coefficient (Wildman–Crippen LogP) is 1.87. The van der Waals surface area contributed by atoms with Crippen molar-refractivity contribution in [2.45, 2.75) is 39.7 Å². The van der Waals surface area contributed by atoms with Crippen LogP contribution in [-0.4, -0.2) is 23.9 Å². The summed E-state index contributed by atoms with van der Waals surface area (Å²) < 4.78 is 10.3. The van der Waals surface area contributed by atoms with Crippen molar-refractivity contribution in [2.24, 2.45) is 16.6 Å². The zero-order chi connectivity index (χ0) is 12.8. The Morgan fingerprint density at radius 3 is 2.41 bits per heavy atom. The minimum Gasteiger partial charge on any atom is -0.383 e. The molecule has 5 heteroatoms. The quantitative estimate of drug-likeness (QED) is 0.868. The van der Waals surface area contributed by atoms with Crippen molar-refractivity contribution in [3.63, 3.8) is 0 Å². The maximum Gasteiger partial charge on any atom is 0.230 e. The maximum absolute atomic E-state index is 5.86. The number of nitrogens with zero attached hydrogens (tertiary/aromatic N) is 2. The smallest absolute Gasteiger partial charge is 0.230 e. The van der Waals surface area contributed by atoms with Crippen LogP contribution in [0.5, 0.6) is 0 Å². The average molecular weight is 239 g/mol. The normalized spacial score (nSPS) is 23.6. The molecule has 0 aromatic carbocycles. The SMILES string of the molecule is COCC(N)c1noc(C2C(C)(C)C2(C)C)n1. The van der Waals surface area contributed by atoms with Crippen molar-refractivity contribution >= 4 is 0 Å². The fourth-order valence-electron chi connectivity index (χ4n) is 2.58. The monoisotopic (exact) mass is 239 g/mol. The molecule has 0 saturated heterocycles.